The van der Waals surface area contributed by atoms with Gasteiger partial charge in [-0.05, 0) is 31.9 Å². The number of aromatic nitrogens is 4. The monoisotopic (exact) mass is 272 g/mol. The Hall–Kier alpha value is -1.94. The number of rotatable bonds is 1. The molecule has 19 heavy (non-hydrogen) atoms. The normalized spacial score (nSPS) is 11.2. The van der Waals surface area contributed by atoms with Gasteiger partial charge in [0.15, 0.2) is 11.5 Å². The van der Waals surface area contributed by atoms with Crippen LogP contribution in [0.4, 0.5) is 0 Å². The highest BCUT2D eigenvalue weighted by Crippen LogP contribution is 2.27. The maximum atomic E-state index is 5.87. The first-order valence-electron chi connectivity index (χ1n) is 6.01. The minimum absolute atomic E-state index is 0.420. The Morgan fingerprint density at radius 2 is 1.68 bits per heavy atom. The molecule has 0 saturated heterocycles. The Morgan fingerprint density at radius 3 is 2.37 bits per heavy atom. The number of hydrogen-bond acceptors (Lipinski definition) is 3. The number of fused-ring (bicyclic) bond motifs is 1. The zero-order valence-corrected chi connectivity index (χ0v) is 11.7. The van der Waals surface area contributed by atoms with Crippen molar-refractivity contribution < 1.29 is 0 Å². The predicted molar refractivity (Wildman–Crippen MR) is 75.4 cm³/mol. The second-order valence-corrected chi connectivity index (χ2v) is 5.12. The standard InChI is InChI=1S/C14H13ClN4/c1-8-4-9(2)13(10(3)5-8)14-18-17-12-6-11(15)16-7-19(12)14/h4-7H,1-3H3. The van der Waals surface area contributed by atoms with E-state index in [-0.39, 0.29) is 0 Å². The highest BCUT2D eigenvalue weighted by Gasteiger charge is 2.13. The van der Waals surface area contributed by atoms with E-state index in [1.807, 2.05) is 4.40 Å². The molecule has 0 bridgehead atoms. The number of benzene rings is 1. The van der Waals surface area contributed by atoms with Crippen LogP contribution in [-0.2, 0) is 0 Å². The van der Waals surface area contributed by atoms with Crippen molar-refractivity contribution in [3.05, 3.63) is 46.4 Å². The van der Waals surface area contributed by atoms with E-state index < -0.39 is 0 Å². The average molecular weight is 273 g/mol. The van der Waals surface area contributed by atoms with E-state index in [2.05, 4.69) is 48.1 Å². The van der Waals surface area contributed by atoms with Crippen molar-refractivity contribution in [1.29, 1.82) is 0 Å². The molecule has 0 saturated carbocycles. The Kier molecular flexibility index (Phi) is 2.75. The predicted octanol–water partition coefficient (Wildman–Crippen LogP) is 3.37. The summed E-state index contributed by atoms with van der Waals surface area (Å²) in [6, 6.07) is 6.00. The quantitative estimate of drug-likeness (QED) is 0.638. The van der Waals surface area contributed by atoms with Crippen LogP contribution in [0.25, 0.3) is 17.0 Å². The Labute approximate surface area is 116 Å². The summed E-state index contributed by atoms with van der Waals surface area (Å²) in [7, 11) is 0. The summed E-state index contributed by atoms with van der Waals surface area (Å²) in [5.74, 6) is 0.800. The summed E-state index contributed by atoms with van der Waals surface area (Å²) in [5.41, 5.74) is 5.41. The largest absolute Gasteiger partial charge is 0.265 e. The molecule has 0 aliphatic heterocycles. The molecule has 2 aromatic heterocycles. The van der Waals surface area contributed by atoms with E-state index in [4.69, 9.17) is 11.6 Å². The van der Waals surface area contributed by atoms with Crippen molar-refractivity contribution in [3.8, 4) is 11.4 Å². The van der Waals surface area contributed by atoms with E-state index in [1.165, 1.54) is 16.7 Å². The molecule has 4 nitrogen and oxygen atoms in total. The Balaban J connectivity index is 2.31. The summed E-state index contributed by atoms with van der Waals surface area (Å²) in [6.45, 7) is 6.26. The van der Waals surface area contributed by atoms with Crippen LogP contribution in [0.1, 0.15) is 16.7 Å². The second kappa shape index (κ2) is 4.31. The molecule has 5 heteroatoms. The van der Waals surface area contributed by atoms with E-state index >= 15 is 0 Å². The molecule has 0 aliphatic carbocycles. The lowest BCUT2D eigenvalue weighted by atomic mass is 9.99. The molecule has 0 N–H and O–H groups in total. The first kappa shape index (κ1) is 12.1. The fourth-order valence-corrected chi connectivity index (χ4v) is 2.62. The summed E-state index contributed by atoms with van der Waals surface area (Å²) >= 11 is 5.87. The van der Waals surface area contributed by atoms with Gasteiger partial charge in [0.2, 0.25) is 0 Å². The van der Waals surface area contributed by atoms with Crippen LogP contribution in [0.2, 0.25) is 5.15 Å². The van der Waals surface area contributed by atoms with Gasteiger partial charge >= 0.3 is 0 Å². The first-order valence-corrected chi connectivity index (χ1v) is 6.38. The molecule has 0 amide bonds. The van der Waals surface area contributed by atoms with Crippen LogP contribution in [-0.4, -0.2) is 19.6 Å². The number of aryl methyl sites for hydroxylation is 3. The van der Waals surface area contributed by atoms with Gasteiger partial charge < -0.3 is 0 Å². The van der Waals surface area contributed by atoms with Crippen molar-refractivity contribution in [3.63, 3.8) is 0 Å². The van der Waals surface area contributed by atoms with Gasteiger partial charge in [0.1, 0.15) is 11.5 Å². The maximum absolute atomic E-state index is 5.87. The first-order chi connectivity index (χ1) is 9.06. The van der Waals surface area contributed by atoms with Crippen LogP contribution in [0, 0.1) is 20.8 Å². The van der Waals surface area contributed by atoms with Gasteiger partial charge in [-0.15, -0.1) is 10.2 Å². The third kappa shape index (κ3) is 1.98. The van der Waals surface area contributed by atoms with Gasteiger partial charge in [-0.1, -0.05) is 29.3 Å². The van der Waals surface area contributed by atoms with Crippen LogP contribution in [0.5, 0.6) is 0 Å². The molecular weight excluding hydrogens is 260 g/mol. The fraction of sp³-hybridized carbons (Fsp3) is 0.214. The minimum atomic E-state index is 0.420. The molecule has 2 heterocycles. The molecule has 1 aromatic carbocycles. The van der Waals surface area contributed by atoms with E-state index in [9.17, 15) is 0 Å². The third-order valence-corrected chi connectivity index (χ3v) is 3.37. The van der Waals surface area contributed by atoms with Crippen molar-refractivity contribution in [1.82, 2.24) is 19.6 Å². The number of halogens is 1. The van der Waals surface area contributed by atoms with Crippen molar-refractivity contribution in [2.75, 3.05) is 0 Å². The van der Waals surface area contributed by atoms with Crippen molar-refractivity contribution >= 4 is 17.2 Å². The smallest absolute Gasteiger partial charge is 0.170 e. The lowest BCUT2D eigenvalue weighted by molar-refractivity contribution is 1.07. The van der Waals surface area contributed by atoms with Crippen LogP contribution in [0.3, 0.4) is 0 Å². The SMILES string of the molecule is Cc1cc(C)c(-c2nnc3cc(Cl)ncn23)c(C)c1. The molecule has 0 fully saturated rings. The Bertz CT molecular complexity index is 753. The molecule has 0 aliphatic rings. The van der Waals surface area contributed by atoms with E-state index in [1.54, 1.807) is 12.4 Å². The highest BCUT2D eigenvalue weighted by molar-refractivity contribution is 6.29. The molecule has 96 valence electrons. The van der Waals surface area contributed by atoms with Gasteiger partial charge in [-0.25, -0.2) is 4.98 Å². The van der Waals surface area contributed by atoms with Crippen LogP contribution >= 0.6 is 11.6 Å². The summed E-state index contributed by atoms with van der Waals surface area (Å²) < 4.78 is 1.86. The van der Waals surface area contributed by atoms with Gasteiger partial charge in [0.05, 0.1) is 0 Å². The van der Waals surface area contributed by atoms with Gasteiger partial charge in [-0.2, -0.15) is 0 Å². The van der Waals surface area contributed by atoms with Gasteiger partial charge in [0, 0.05) is 11.6 Å². The number of nitrogens with zero attached hydrogens (tertiary/aromatic N) is 4. The zero-order chi connectivity index (χ0) is 13.6. The maximum Gasteiger partial charge on any atom is 0.170 e. The summed E-state index contributed by atoms with van der Waals surface area (Å²) in [5, 5.41) is 8.84. The van der Waals surface area contributed by atoms with Gasteiger partial charge in [-0.3, -0.25) is 4.40 Å². The third-order valence-electron chi connectivity index (χ3n) is 3.17. The minimum Gasteiger partial charge on any atom is -0.265 e. The molecule has 0 radical (unpaired) electrons. The average Bonchev–Trinajstić information content (AvgIpc) is 2.71. The lowest BCUT2D eigenvalue weighted by Gasteiger charge is -2.09. The second-order valence-electron chi connectivity index (χ2n) is 4.74. The molecule has 3 rings (SSSR count). The molecule has 0 spiro atoms. The Morgan fingerprint density at radius 1 is 1.00 bits per heavy atom. The van der Waals surface area contributed by atoms with E-state index in [0.29, 0.717) is 10.8 Å². The fourth-order valence-electron chi connectivity index (χ4n) is 2.48. The number of hydrogen-bond donors (Lipinski definition) is 0. The highest BCUT2D eigenvalue weighted by atomic mass is 35.5. The zero-order valence-electron chi connectivity index (χ0n) is 11.0. The van der Waals surface area contributed by atoms with Crippen LogP contribution < -0.4 is 0 Å². The topological polar surface area (TPSA) is 43.1 Å². The molecule has 0 unspecified atom stereocenters. The van der Waals surface area contributed by atoms with E-state index in [0.717, 1.165) is 11.4 Å². The lowest BCUT2D eigenvalue weighted by Crippen LogP contribution is -1.96. The summed E-state index contributed by atoms with van der Waals surface area (Å²) in [4.78, 5) is 4.09. The molecule has 0 atom stereocenters. The molecular formula is C14H13ClN4. The van der Waals surface area contributed by atoms with Gasteiger partial charge in [0.25, 0.3) is 0 Å². The summed E-state index contributed by atoms with van der Waals surface area (Å²) in [6.07, 6.45) is 1.66. The van der Waals surface area contributed by atoms with Crippen molar-refractivity contribution in [2.45, 2.75) is 20.8 Å². The van der Waals surface area contributed by atoms with Crippen molar-refractivity contribution in [2.24, 2.45) is 0 Å². The van der Waals surface area contributed by atoms with Crippen LogP contribution in [0.15, 0.2) is 24.5 Å². The molecule has 3 aromatic rings.